The Morgan fingerprint density at radius 1 is 0.622 bits per heavy atom. The summed E-state index contributed by atoms with van der Waals surface area (Å²) in [6.45, 7) is 6.07. The summed E-state index contributed by atoms with van der Waals surface area (Å²) in [5.74, 6) is -5.86. The Morgan fingerprint density at radius 3 is 1.71 bits per heavy atom. The fourth-order valence-corrected chi connectivity index (χ4v) is 18.2. The van der Waals surface area contributed by atoms with E-state index in [4.69, 9.17) is 23.4 Å². The van der Waals surface area contributed by atoms with Gasteiger partial charge in [-0.05, 0) is 82.9 Å². The van der Waals surface area contributed by atoms with Crippen LogP contribution in [0, 0.1) is 11.8 Å². The van der Waals surface area contributed by atoms with Crippen LogP contribution in [0.15, 0.2) is 212 Å². The van der Waals surface area contributed by atoms with Crippen LogP contribution in [-0.2, 0) is 33.2 Å². The van der Waals surface area contributed by atoms with Gasteiger partial charge in [0.15, 0.2) is 45.4 Å². The van der Waals surface area contributed by atoms with Crippen molar-refractivity contribution in [2.45, 2.75) is 75.5 Å². The SMILES string of the molecule is CC(C)(C)[Si](OCC[C@H]1O[C@@H](n2cnc3c(NC(=O)c4ccccc4)ncnc32)[C@H](O)[C@@H]1CS(=O)(=O)CC[C@H]1O[C@@H](n2ccc(NC(=O)c3ccccc3)nc2=O)[C@H](OC(=O)c2ccccc2)[C@@H]1COC(=O)c1ccccc1)(c1ccccc1)c1ccccc1. The molecule has 3 N–H and O–H groups in total. The number of benzene rings is 6. The van der Waals surface area contributed by atoms with Gasteiger partial charge in [-0.1, -0.05) is 154 Å². The summed E-state index contributed by atoms with van der Waals surface area (Å²) in [6.07, 6.45) is -3.93. The van der Waals surface area contributed by atoms with Gasteiger partial charge >= 0.3 is 17.6 Å². The summed E-state index contributed by atoms with van der Waals surface area (Å²) in [6, 6.07) is 54.6. The lowest BCUT2D eigenvalue weighted by Crippen LogP contribution is -2.66. The molecule has 0 unspecified atom stereocenters. The number of aliphatic hydroxyl groups excluding tert-OH is 1. The van der Waals surface area contributed by atoms with E-state index in [1.807, 2.05) is 36.4 Å². The molecule has 8 atom stereocenters. The molecule has 0 saturated carbocycles. The first-order valence-electron chi connectivity index (χ1n) is 29.4. The molecule has 2 fully saturated rings. The van der Waals surface area contributed by atoms with Crippen molar-refractivity contribution in [3.05, 3.63) is 240 Å². The molecule has 90 heavy (non-hydrogen) atoms. The van der Waals surface area contributed by atoms with Gasteiger partial charge in [-0.3, -0.25) is 18.7 Å². The van der Waals surface area contributed by atoms with Crippen molar-refractivity contribution in [2.24, 2.45) is 11.8 Å². The maximum absolute atomic E-state index is 15.1. The van der Waals surface area contributed by atoms with E-state index in [2.05, 4.69) is 75.6 Å². The molecule has 2 amide bonds. The second-order valence-electron chi connectivity index (χ2n) is 23.0. The molecule has 2 saturated heterocycles. The number of aliphatic hydroxyl groups is 1. The van der Waals surface area contributed by atoms with Crippen molar-refractivity contribution in [2.75, 3.05) is 35.4 Å². The zero-order chi connectivity index (χ0) is 63.0. The van der Waals surface area contributed by atoms with Crippen LogP contribution < -0.4 is 26.7 Å². The number of sulfone groups is 1. The van der Waals surface area contributed by atoms with Gasteiger partial charge in [0.2, 0.25) is 0 Å². The molecule has 0 radical (unpaired) electrons. The van der Waals surface area contributed by atoms with Crippen LogP contribution in [-0.4, -0.2) is 124 Å². The highest BCUT2D eigenvalue weighted by atomic mass is 32.2. The minimum atomic E-state index is -4.26. The number of fused-ring (bicyclic) bond motifs is 1. The van der Waals surface area contributed by atoms with Crippen LogP contribution in [0.1, 0.15) is 87.5 Å². The molecule has 2 aliphatic heterocycles. The van der Waals surface area contributed by atoms with E-state index >= 15 is 8.42 Å². The normalized spacial score (nSPS) is 20.1. The van der Waals surface area contributed by atoms with Gasteiger partial charge < -0.3 is 39.1 Å². The Balaban J connectivity index is 0.904. The van der Waals surface area contributed by atoms with Crippen LogP contribution >= 0.6 is 0 Å². The predicted molar refractivity (Wildman–Crippen MR) is 337 cm³/mol. The third-order valence-electron chi connectivity index (χ3n) is 16.3. The number of esters is 2. The zero-order valence-corrected chi connectivity index (χ0v) is 51.2. The number of carbonyl (C=O) groups excluding carboxylic acids is 4. The molecule has 23 heteroatoms. The van der Waals surface area contributed by atoms with Gasteiger partial charge in [0, 0.05) is 29.8 Å². The van der Waals surface area contributed by atoms with Crippen LogP contribution in [0.4, 0.5) is 11.6 Å². The topological polar surface area (TPSA) is 271 Å². The standard InChI is InChI=1S/C67H66N8O13SSi/c1-67(2,3)90(48-30-18-8-19-31-48,49-32-20-9-21-33-49)85-38-35-52-51(56(76)62(86-52)75-43-70-55-58(68-42-69-59(55)75)73-61(78)45-24-12-5-13-25-45)41-89(82,83)39-36-53-50(40-84-64(79)46-26-14-6-15-27-46)57(88-65(80)47-28-16-7-17-29-47)63(87-53)74-37-34-54(72-66(74)81)71-60(77)44-22-10-4-11-23-44/h4-34,37,42-43,50-53,56-57,62-63,76H,35-36,38-41H2,1-3H3,(H,68,69,73,78)(H,71,72,77,81)/t50-,51-,52-,53-,56-,57-,62-,63-/m1/s1. The second-order valence-corrected chi connectivity index (χ2v) is 29.6. The first-order chi connectivity index (χ1) is 43.5. The molecule has 2 aliphatic rings. The van der Waals surface area contributed by atoms with Gasteiger partial charge in [-0.25, -0.2) is 37.8 Å². The molecule has 11 rings (SSSR count). The van der Waals surface area contributed by atoms with E-state index in [0.717, 1.165) is 14.9 Å². The van der Waals surface area contributed by atoms with E-state index in [-0.39, 0.29) is 53.4 Å². The number of aromatic nitrogens is 6. The molecule has 9 aromatic rings. The zero-order valence-electron chi connectivity index (χ0n) is 49.4. The number of hydrogen-bond acceptors (Lipinski definition) is 17. The first kappa shape index (κ1) is 62.3. The molecular formula is C67H66N8O13SSi. The number of anilines is 2. The third kappa shape index (κ3) is 13.6. The van der Waals surface area contributed by atoms with E-state index < -0.39 is 119 Å². The maximum Gasteiger partial charge on any atom is 0.351 e. The average Bonchev–Trinajstić information content (AvgIpc) is 0.986. The molecule has 0 bridgehead atoms. The second kappa shape index (κ2) is 27.2. The average molecular weight is 1250 g/mol. The Kier molecular flexibility index (Phi) is 18.8. The van der Waals surface area contributed by atoms with Gasteiger partial charge in [0.25, 0.3) is 20.1 Å². The maximum atomic E-state index is 15.1. The predicted octanol–water partition coefficient (Wildman–Crippen LogP) is 7.83. The van der Waals surface area contributed by atoms with Crippen LogP contribution in [0.2, 0.25) is 5.04 Å². The van der Waals surface area contributed by atoms with Gasteiger partial charge in [-0.2, -0.15) is 4.98 Å². The molecule has 21 nitrogen and oxygen atoms in total. The molecule has 6 aromatic carbocycles. The fraction of sp³-hybridized carbons (Fsp3) is 0.269. The molecule has 0 spiro atoms. The minimum Gasteiger partial charge on any atom is -0.462 e. The highest BCUT2D eigenvalue weighted by Crippen LogP contribution is 2.42. The van der Waals surface area contributed by atoms with Gasteiger partial charge in [0.05, 0.1) is 47.1 Å². The lowest BCUT2D eigenvalue weighted by molar-refractivity contribution is -0.0511. The van der Waals surface area contributed by atoms with E-state index in [0.29, 0.717) is 11.1 Å². The van der Waals surface area contributed by atoms with E-state index in [9.17, 15) is 29.1 Å². The lowest BCUT2D eigenvalue weighted by Gasteiger charge is -2.43. The van der Waals surface area contributed by atoms with Gasteiger partial charge in [-0.15, -0.1) is 0 Å². The van der Waals surface area contributed by atoms with Crippen LogP contribution in [0.3, 0.4) is 0 Å². The molecule has 462 valence electrons. The number of rotatable bonds is 22. The largest absolute Gasteiger partial charge is 0.462 e. The Hall–Kier alpha value is -9.36. The van der Waals surface area contributed by atoms with Crippen molar-refractivity contribution in [1.82, 2.24) is 29.1 Å². The Labute approximate surface area is 520 Å². The summed E-state index contributed by atoms with van der Waals surface area (Å²) in [4.78, 5) is 85.8. The number of nitrogens with zero attached hydrogens (tertiary/aromatic N) is 6. The van der Waals surface area contributed by atoms with Gasteiger partial charge in [0.1, 0.15) is 24.9 Å². The number of carbonyl (C=O) groups is 4. The van der Waals surface area contributed by atoms with E-state index in [1.165, 1.54) is 41.6 Å². The summed E-state index contributed by atoms with van der Waals surface area (Å²) in [5, 5.41) is 19.7. The number of imidazole rings is 1. The molecule has 0 aliphatic carbocycles. The van der Waals surface area contributed by atoms with Crippen molar-refractivity contribution in [3.63, 3.8) is 0 Å². The highest BCUT2D eigenvalue weighted by molar-refractivity contribution is 7.91. The number of amides is 2. The number of hydrogen-bond donors (Lipinski definition) is 3. The van der Waals surface area contributed by atoms with Crippen molar-refractivity contribution in [1.29, 1.82) is 0 Å². The molecule has 3 aromatic heterocycles. The van der Waals surface area contributed by atoms with Crippen LogP contribution in [0.5, 0.6) is 0 Å². The summed E-state index contributed by atoms with van der Waals surface area (Å²) < 4.78 is 65.6. The molecule has 5 heterocycles. The van der Waals surface area contributed by atoms with Crippen molar-refractivity contribution >= 4 is 75.1 Å². The smallest absolute Gasteiger partial charge is 0.351 e. The lowest BCUT2D eigenvalue weighted by atomic mass is 9.96. The fourth-order valence-electron chi connectivity index (χ4n) is 11.9. The Bertz CT molecular complexity index is 4110. The third-order valence-corrected chi connectivity index (χ3v) is 23.1. The van der Waals surface area contributed by atoms with Crippen molar-refractivity contribution < 1.29 is 56.1 Å². The quantitative estimate of drug-likeness (QED) is 0.0431. The van der Waals surface area contributed by atoms with Crippen LogP contribution in [0.25, 0.3) is 11.2 Å². The monoisotopic (exact) mass is 1250 g/mol. The minimum absolute atomic E-state index is 0.0864. The molecular weight excluding hydrogens is 1180 g/mol. The first-order valence-corrected chi connectivity index (χ1v) is 33.1. The highest BCUT2D eigenvalue weighted by Gasteiger charge is 2.53. The summed E-state index contributed by atoms with van der Waals surface area (Å²) in [7, 11) is -7.40. The number of ether oxygens (including phenoxy) is 4. The van der Waals surface area contributed by atoms with E-state index in [1.54, 1.807) is 109 Å². The van der Waals surface area contributed by atoms with Crippen molar-refractivity contribution in [3.8, 4) is 0 Å². The Morgan fingerprint density at radius 2 is 1.14 bits per heavy atom. The summed E-state index contributed by atoms with van der Waals surface area (Å²) in [5.41, 5.74) is 0.528. The number of nitrogens with one attached hydrogen (secondary N) is 2. The summed E-state index contributed by atoms with van der Waals surface area (Å²) >= 11 is 0.